The number of nitrogens with one attached hydrogen (secondary N) is 1. The predicted octanol–water partition coefficient (Wildman–Crippen LogP) is 1.40. The average Bonchev–Trinajstić information content (AvgIpc) is 2.29. The Labute approximate surface area is 94.8 Å². The van der Waals surface area contributed by atoms with Crippen LogP contribution in [0.5, 0.6) is 5.75 Å². The van der Waals surface area contributed by atoms with Crippen LogP contribution in [0.15, 0.2) is 24.3 Å². The molecule has 1 N–H and O–H groups in total. The van der Waals surface area contributed by atoms with Gasteiger partial charge in [0.25, 0.3) is 5.91 Å². The van der Waals surface area contributed by atoms with Crippen LogP contribution in [0.4, 0.5) is 0 Å². The standard InChI is InChI=1S/C12H14N2O2/c1-10-3-5-11(6-4-10)16-9-12(15)14-8-2-7-13/h3-6H,2,8-9H2,1H3,(H,14,15). The summed E-state index contributed by atoms with van der Waals surface area (Å²) in [4.78, 5) is 11.2. The number of rotatable bonds is 5. The van der Waals surface area contributed by atoms with Crippen LogP contribution >= 0.6 is 0 Å². The molecule has 0 aromatic heterocycles. The molecule has 1 rings (SSSR count). The second kappa shape index (κ2) is 6.46. The topological polar surface area (TPSA) is 62.1 Å². The number of hydrogen-bond acceptors (Lipinski definition) is 3. The molecule has 0 aliphatic heterocycles. The summed E-state index contributed by atoms with van der Waals surface area (Å²) in [6, 6.07) is 9.42. The van der Waals surface area contributed by atoms with Crippen molar-refractivity contribution in [2.24, 2.45) is 0 Å². The Hall–Kier alpha value is -2.02. The van der Waals surface area contributed by atoms with Gasteiger partial charge < -0.3 is 10.1 Å². The number of nitriles is 1. The van der Waals surface area contributed by atoms with Gasteiger partial charge in [-0.2, -0.15) is 5.26 Å². The molecule has 0 aliphatic carbocycles. The van der Waals surface area contributed by atoms with E-state index in [4.69, 9.17) is 10.00 Å². The Kier molecular flexibility index (Phi) is 4.87. The quantitative estimate of drug-likeness (QED) is 0.760. The molecule has 1 aromatic carbocycles. The number of carbonyl (C=O) groups excluding carboxylic acids is 1. The van der Waals surface area contributed by atoms with Crippen molar-refractivity contribution in [1.82, 2.24) is 5.32 Å². The SMILES string of the molecule is Cc1ccc(OCC(=O)NCCC#N)cc1. The minimum Gasteiger partial charge on any atom is -0.484 e. The molecular formula is C12H14N2O2. The Bertz CT molecular complexity index is 379. The van der Waals surface area contributed by atoms with E-state index in [0.29, 0.717) is 18.7 Å². The lowest BCUT2D eigenvalue weighted by molar-refractivity contribution is -0.123. The van der Waals surface area contributed by atoms with E-state index < -0.39 is 0 Å². The van der Waals surface area contributed by atoms with Crippen LogP contribution in [0.25, 0.3) is 0 Å². The summed E-state index contributed by atoms with van der Waals surface area (Å²) in [7, 11) is 0. The van der Waals surface area contributed by atoms with Gasteiger partial charge in [0.15, 0.2) is 6.61 Å². The van der Waals surface area contributed by atoms with E-state index in [1.165, 1.54) is 0 Å². The van der Waals surface area contributed by atoms with Crippen LogP contribution in [-0.2, 0) is 4.79 Å². The number of amides is 1. The van der Waals surface area contributed by atoms with Crippen LogP contribution < -0.4 is 10.1 Å². The molecule has 0 fully saturated rings. The third-order valence-corrected chi connectivity index (χ3v) is 1.95. The first-order valence-corrected chi connectivity index (χ1v) is 5.05. The maximum Gasteiger partial charge on any atom is 0.257 e. The summed E-state index contributed by atoms with van der Waals surface area (Å²) in [6.45, 7) is 2.33. The molecule has 0 radical (unpaired) electrons. The third kappa shape index (κ3) is 4.47. The van der Waals surface area contributed by atoms with E-state index >= 15 is 0 Å². The van der Waals surface area contributed by atoms with Gasteiger partial charge in [-0.25, -0.2) is 0 Å². The molecule has 0 heterocycles. The predicted molar refractivity (Wildman–Crippen MR) is 59.9 cm³/mol. The van der Waals surface area contributed by atoms with Gasteiger partial charge in [0.05, 0.1) is 12.5 Å². The van der Waals surface area contributed by atoms with Crippen molar-refractivity contribution >= 4 is 5.91 Å². The molecule has 1 aromatic rings. The summed E-state index contributed by atoms with van der Waals surface area (Å²) >= 11 is 0. The molecule has 0 saturated heterocycles. The van der Waals surface area contributed by atoms with Crippen LogP contribution in [0.3, 0.4) is 0 Å². The first-order chi connectivity index (χ1) is 7.72. The second-order valence-electron chi connectivity index (χ2n) is 3.36. The Morgan fingerprint density at radius 1 is 1.44 bits per heavy atom. The lowest BCUT2D eigenvalue weighted by atomic mass is 10.2. The number of hydrogen-bond donors (Lipinski definition) is 1. The lowest BCUT2D eigenvalue weighted by Gasteiger charge is -2.06. The molecule has 16 heavy (non-hydrogen) atoms. The summed E-state index contributed by atoms with van der Waals surface area (Å²) in [5.41, 5.74) is 1.14. The van der Waals surface area contributed by atoms with E-state index in [0.717, 1.165) is 5.56 Å². The summed E-state index contributed by atoms with van der Waals surface area (Å²) in [5, 5.41) is 10.9. The Balaban J connectivity index is 2.26. The molecule has 4 nitrogen and oxygen atoms in total. The Morgan fingerprint density at radius 2 is 2.12 bits per heavy atom. The molecule has 0 unspecified atom stereocenters. The highest BCUT2D eigenvalue weighted by atomic mass is 16.5. The fourth-order valence-electron chi connectivity index (χ4n) is 1.09. The molecular weight excluding hydrogens is 204 g/mol. The van der Waals surface area contributed by atoms with Gasteiger partial charge in [-0.05, 0) is 19.1 Å². The van der Waals surface area contributed by atoms with Gasteiger partial charge in [-0.15, -0.1) is 0 Å². The number of benzene rings is 1. The van der Waals surface area contributed by atoms with Gasteiger partial charge in [-0.1, -0.05) is 17.7 Å². The minimum atomic E-state index is -0.212. The van der Waals surface area contributed by atoms with Gasteiger partial charge in [0.1, 0.15) is 5.75 Å². The maximum atomic E-state index is 11.2. The van der Waals surface area contributed by atoms with E-state index in [2.05, 4.69) is 5.32 Å². The number of carbonyl (C=O) groups is 1. The van der Waals surface area contributed by atoms with Crippen molar-refractivity contribution in [3.63, 3.8) is 0 Å². The fourth-order valence-corrected chi connectivity index (χ4v) is 1.09. The molecule has 0 bridgehead atoms. The van der Waals surface area contributed by atoms with Gasteiger partial charge >= 0.3 is 0 Å². The van der Waals surface area contributed by atoms with E-state index in [-0.39, 0.29) is 12.5 Å². The van der Waals surface area contributed by atoms with Crippen molar-refractivity contribution in [1.29, 1.82) is 5.26 Å². The molecule has 1 amide bonds. The van der Waals surface area contributed by atoms with Crippen molar-refractivity contribution in [3.05, 3.63) is 29.8 Å². The van der Waals surface area contributed by atoms with Crippen molar-refractivity contribution in [2.75, 3.05) is 13.2 Å². The summed E-state index contributed by atoms with van der Waals surface area (Å²) in [6.07, 6.45) is 0.316. The zero-order valence-electron chi connectivity index (χ0n) is 9.19. The lowest BCUT2D eigenvalue weighted by Crippen LogP contribution is -2.29. The van der Waals surface area contributed by atoms with Crippen LogP contribution in [0, 0.1) is 18.3 Å². The van der Waals surface area contributed by atoms with Crippen molar-refractivity contribution < 1.29 is 9.53 Å². The molecule has 0 atom stereocenters. The zero-order chi connectivity index (χ0) is 11.8. The van der Waals surface area contributed by atoms with E-state index in [1.807, 2.05) is 37.3 Å². The van der Waals surface area contributed by atoms with E-state index in [1.54, 1.807) is 0 Å². The van der Waals surface area contributed by atoms with Gasteiger partial charge in [0.2, 0.25) is 0 Å². The largest absolute Gasteiger partial charge is 0.484 e. The molecule has 84 valence electrons. The maximum absolute atomic E-state index is 11.2. The number of nitrogens with zero attached hydrogens (tertiary/aromatic N) is 1. The number of aryl methyl sites for hydroxylation is 1. The normalized spacial score (nSPS) is 9.25. The average molecular weight is 218 g/mol. The van der Waals surface area contributed by atoms with Gasteiger partial charge in [-0.3, -0.25) is 4.79 Å². The zero-order valence-corrected chi connectivity index (χ0v) is 9.19. The van der Waals surface area contributed by atoms with Crippen LogP contribution in [-0.4, -0.2) is 19.1 Å². The summed E-state index contributed by atoms with van der Waals surface area (Å²) < 4.78 is 5.26. The van der Waals surface area contributed by atoms with Crippen LogP contribution in [0.1, 0.15) is 12.0 Å². The highest BCUT2D eigenvalue weighted by Gasteiger charge is 2.01. The Morgan fingerprint density at radius 3 is 2.75 bits per heavy atom. The molecule has 0 aliphatic rings. The second-order valence-corrected chi connectivity index (χ2v) is 3.36. The van der Waals surface area contributed by atoms with Crippen molar-refractivity contribution in [3.8, 4) is 11.8 Å². The molecule has 0 spiro atoms. The molecule has 4 heteroatoms. The monoisotopic (exact) mass is 218 g/mol. The summed E-state index contributed by atoms with van der Waals surface area (Å²) in [5.74, 6) is 0.455. The fraction of sp³-hybridized carbons (Fsp3) is 0.333. The van der Waals surface area contributed by atoms with Gasteiger partial charge in [0, 0.05) is 6.54 Å². The van der Waals surface area contributed by atoms with Crippen molar-refractivity contribution in [2.45, 2.75) is 13.3 Å². The van der Waals surface area contributed by atoms with Crippen LogP contribution in [0.2, 0.25) is 0 Å². The highest BCUT2D eigenvalue weighted by molar-refractivity contribution is 5.77. The molecule has 0 saturated carbocycles. The number of ether oxygens (including phenoxy) is 1. The minimum absolute atomic E-state index is 0.0194. The first-order valence-electron chi connectivity index (χ1n) is 5.05. The smallest absolute Gasteiger partial charge is 0.257 e. The first kappa shape index (κ1) is 12.1. The van der Waals surface area contributed by atoms with E-state index in [9.17, 15) is 4.79 Å². The third-order valence-electron chi connectivity index (χ3n) is 1.95. The highest BCUT2D eigenvalue weighted by Crippen LogP contribution is 2.10.